The molecule has 0 saturated heterocycles. The minimum Gasteiger partial charge on any atom is -0.449 e. The summed E-state index contributed by atoms with van der Waals surface area (Å²) in [6, 6.07) is 24.7. The number of nitrogens with zero attached hydrogens (tertiary/aromatic N) is 1. The highest BCUT2D eigenvalue weighted by Crippen LogP contribution is 2.26. The minimum absolute atomic E-state index is 0.105. The molecule has 4 aromatic rings. The molecule has 1 N–H and O–H groups in total. The number of carbonyl (C=O) groups excluding carboxylic acids is 3. The number of ether oxygens (including phenoxy) is 1. The second-order valence-electron chi connectivity index (χ2n) is 7.60. The highest BCUT2D eigenvalue weighted by atomic mass is 35.5. The summed E-state index contributed by atoms with van der Waals surface area (Å²) >= 11 is 7.27. The van der Waals surface area contributed by atoms with E-state index in [4.69, 9.17) is 16.3 Å². The third-order valence-corrected chi connectivity index (χ3v) is 6.10. The number of esters is 1. The summed E-state index contributed by atoms with van der Waals surface area (Å²) in [5.41, 5.74) is 2.62. The van der Waals surface area contributed by atoms with Crippen LogP contribution in [0.25, 0.3) is 11.3 Å². The van der Waals surface area contributed by atoms with Gasteiger partial charge < -0.3 is 10.1 Å². The van der Waals surface area contributed by atoms with Crippen LogP contribution in [0.4, 0.5) is 5.13 Å². The molecular weight excluding hydrogens is 484 g/mol. The molecule has 0 saturated carbocycles. The van der Waals surface area contributed by atoms with Crippen molar-refractivity contribution in [3.63, 3.8) is 0 Å². The summed E-state index contributed by atoms with van der Waals surface area (Å²) in [7, 11) is 0. The fourth-order valence-corrected chi connectivity index (χ4v) is 4.19. The van der Waals surface area contributed by atoms with E-state index in [9.17, 15) is 14.4 Å². The number of rotatable bonds is 9. The average Bonchev–Trinajstić information content (AvgIpc) is 3.36. The van der Waals surface area contributed by atoms with Gasteiger partial charge >= 0.3 is 5.97 Å². The van der Waals surface area contributed by atoms with Gasteiger partial charge in [0.1, 0.15) is 0 Å². The molecule has 1 atom stereocenters. The van der Waals surface area contributed by atoms with Gasteiger partial charge in [0.2, 0.25) is 11.7 Å². The summed E-state index contributed by atoms with van der Waals surface area (Å²) in [5.74, 6) is -1.39. The Morgan fingerprint density at radius 2 is 1.54 bits per heavy atom. The monoisotopic (exact) mass is 504 g/mol. The summed E-state index contributed by atoms with van der Waals surface area (Å²) in [6.45, 7) is 0. The summed E-state index contributed by atoms with van der Waals surface area (Å²) < 4.78 is 5.53. The van der Waals surface area contributed by atoms with Crippen molar-refractivity contribution in [2.45, 2.75) is 18.9 Å². The highest BCUT2D eigenvalue weighted by molar-refractivity contribution is 7.14. The van der Waals surface area contributed by atoms with Gasteiger partial charge in [-0.1, -0.05) is 84.4 Å². The molecule has 8 heteroatoms. The van der Waals surface area contributed by atoms with Crippen molar-refractivity contribution in [3.05, 3.63) is 106 Å². The Hall–Kier alpha value is -3.81. The van der Waals surface area contributed by atoms with E-state index in [-0.39, 0.29) is 24.5 Å². The zero-order valence-electron chi connectivity index (χ0n) is 18.5. The number of hydrogen-bond acceptors (Lipinski definition) is 6. The van der Waals surface area contributed by atoms with Gasteiger partial charge in [0.05, 0.1) is 12.1 Å². The van der Waals surface area contributed by atoms with Crippen molar-refractivity contribution in [1.82, 2.24) is 4.98 Å². The second-order valence-corrected chi connectivity index (χ2v) is 8.90. The van der Waals surface area contributed by atoms with E-state index in [1.165, 1.54) is 11.3 Å². The molecule has 1 aromatic heterocycles. The van der Waals surface area contributed by atoms with E-state index in [1.54, 1.807) is 54.6 Å². The molecule has 1 amide bonds. The summed E-state index contributed by atoms with van der Waals surface area (Å²) in [5, 5.41) is 5.50. The van der Waals surface area contributed by atoms with Crippen LogP contribution >= 0.6 is 22.9 Å². The van der Waals surface area contributed by atoms with E-state index < -0.39 is 12.1 Å². The van der Waals surface area contributed by atoms with Gasteiger partial charge in [-0.2, -0.15) is 0 Å². The van der Waals surface area contributed by atoms with Gasteiger partial charge in [-0.25, -0.2) is 4.98 Å². The molecule has 0 unspecified atom stereocenters. The van der Waals surface area contributed by atoms with E-state index in [2.05, 4.69) is 10.3 Å². The first-order valence-electron chi connectivity index (χ1n) is 10.8. The fraction of sp³-hybridized carbons (Fsp3) is 0.111. The number of thiazole rings is 1. The zero-order valence-corrected chi connectivity index (χ0v) is 20.1. The van der Waals surface area contributed by atoms with Gasteiger partial charge in [0, 0.05) is 33.5 Å². The van der Waals surface area contributed by atoms with Crippen LogP contribution in [0.15, 0.2) is 90.3 Å². The number of ketones is 1. The quantitative estimate of drug-likeness (QED) is 0.212. The lowest BCUT2D eigenvalue weighted by molar-refractivity contribution is -0.148. The lowest BCUT2D eigenvalue weighted by Gasteiger charge is -2.17. The predicted octanol–water partition coefficient (Wildman–Crippen LogP) is 6.35. The van der Waals surface area contributed by atoms with E-state index in [0.717, 1.165) is 11.3 Å². The van der Waals surface area contributed by atoms with Crippen LogP contribution in [-0.2, 0) is 14.3 Å². The molecule has 1 heterocycles. The van der Waals surface area contributed by atoms with Crippen LogP contribution in [0.2, 0.25) is 5.02 Å². The van der Waals surface area contributed by atoms with Crippen molar-refractivity contribution in [2.24, 2.45) is 0 Å². The SMILES string of the molecule is O=C(CCC(=O)O[C@@H](C(=O)c1ccccc1)c1ccc(Cl)cc1)Nc1nc(-c2ccccc2)cs1. The normalized spacial score (nSPS) is 11.5. The Balaban J connectivity index is 1.37. The largest absolute Gasteiger partial charge is 0.449 e. The molecule has 0 aliphatic rings. The Morgan fingerprint density at radius 1 is 0.886 bits per heavy atom. The molecule has 3 aromatic carbocycles. The van der Waals surface area contributed by atoms with Crippen molar-refractivity contribution < 1.29 is 19.1 Å². The standard InChI is InChI=1S/C27H21ClN2O4S/c28-21-13-11-20(12-14-21)26(25(33)19-9-5-2-6-10-19)34-24(32)16-15-23(31)30-27-29-22(17-35-27)18-7-3-1-4-8-18/h1-14,17,26H,15-16H2,(H,29,30,31)/t26-/m1/s1. The van der Waals surface area contributed by atoms with E-state index >= 15 is 0 Å². The van der Waals surface area contributed by atoms with Crippen LogP contribution < -0.4 is 5.32 Å². The third kappa shape index (κ3) is 6.62. The van der Waals surface area contributed by atoms with Crippen molar-refractivity contribution in [3.8, 4) is 11.3 Å². The Labute approximate surface area is 211 Å². The van der Waals surface area contributed by atoms with Crippen LogP contribution in [0.5, 0.6) is 0 Å². The smallest absolute Gasteiger partial charge is 0.307 e. The maximum atomic E-state index is 13.1. The number of carbonyl (C=O) groups is 3. The molecule has 4 rings (SSSR count). The number of aromatic nitrogens is 1. The average molecular weight is 505 g/mol. The van der Waals surface area contributed by atoms with Gasteiger partial charge in [0.15, 0.2) is 11.2 Å². The number of Topliss-reactive ketones (excluding diaryl/α,β-unsaturated/α-hetero) is 1. The van der Waals surface area contributed by atoms with Crippen molar-refractivity contribution >= 4 is 45.7 Å². The highest BCUT2D eigenvalue weighted by Gasteiger charge is 2.26. The predicted molar refractivity (Wildman–Crippen MR) is 136 cm³/mol. The number of halogens is 1. The number of amides is 1. The molecule has 0 radical (unpaired) electrons. The van der Waals surface area contributed by atoms with Crippen LogP contribution in [0.3, 0.4) is 0 Å². The third-order valence-electron chi connectivity index (χ3n) is 5.09. The molecule has 6 nitrogen and oxygen atoms in total. The molecule has 0 spiro atoms. The van der Waals surface area contributed by atoms with Crippen LogP contribution in [0.1, 0.15) is 34.9 Å². The van der Waals surface area contributed by atoms with Gasteiger partial charge in [0.25, 0.3) is 0 Å². The number of benzene rings is 3. The van der Waals surface area contributed by atoms with Crippen molar-refractivity contribution in [1.29, 1.82) is 0 Å². The topological polar surface area (TPSA) is 85.4 Å². The van der Waals surface area contributed by atoms with Gasteiger partial charge in [-0.15, -0.1) is 11.3 Å². The van der Waals surface area contributed by atoms with E-state index in [0.29, 0.717) is 21.3 Å². The second kappa shape index (κ2) is 11.6. The lowest BCUT2D eigenvalue weighted by atomic mass is 10.00. The number of hydrogen-bond donors (Lipinski definition) is 1. The first kappa shape index (κ1) is 24.3. The van der Waals surface area contributed by atoms with Gasteiger partial charge in [-0.3, -0.25) is 14.4 Å². The van der Waals surface area contributed by atoms with E-state index in [1.807, 2.05) is 35.7 Å². The molecule has 176 valence electrons. The molecule has 0 bridgehead atoms. The maximum Gasteiger partial charge on any atom is 0.307 e. The molecule has 35 heavy (non-hydrogen) atoms. The summed E-state index contributed by atoms with van der Waals surface area (Å²) in [6.07, 6.45) is -1.43. The maximum absolute atomic E-state index is 13.1. The molecular formula is C27H21ClN2O4S. The Kier molecular flexibility index (Phi) is 8.03. The zero-order chi connectivity index (χ0) is 24.6. The van der Waals surface area contributed by atoms with Gasteiger partial charge in [-0.05, 0) is 12.1 Å². The lowest BCUT2D eigenvalue weighted by Crippen LogP contribution is -2.21. The molecule has 0 fully saturated rings. The molecule has 0 aliphatic heterocycles. The number of nitrogens with one attached hydrogen (secondary N) is 1. The molecule has 0 aliphatic carbocycles. The van der Waals surface area contributed by atoms with Crippen LogP contribution in [-0.4, -0.2) is 22.6 Å². The summed E-state index contributed by atoms with van der Waals surface area (Å²) in [4.78, 5) is 42.4. The van der Waals surface area contributed by atoms with Crippen LogP contribution in [0, 0.1) is 0 Å². The number of anilines is 1. The van der Waals surface area contributed by atoms with Crippen molar-refractivity contribution in [2.75, 3.05) is 5.32 Å². The first-order chi connectivity index (χ1) is 17.0. The first-order valence-corrected chi connectivity index (χ1v) is 12.1. The Morgan fingerprint density at radius 3 is 2.23 bits per heavy atom. The minimum atomic E-state index is -1.14. The Bertz CT molecular complexity index is 1310. The fourth-order valence-electron chi connectivity index (χ4n) is 3.32.